The van der Waals surface area contributed by atoms with E-state index in [-0.39, 0.29) is 18.1 Å². The summed E-state index contributed by atoms with van der Waals surface area (Å²) in [6.45, 7) is 3.61. The molecule has 2 amide bonds. The SMILES string of the molecule is Cc1cc(C)nc(NNC(=O)C2=NN(c3ccc(F)cc3)[C@H](C(N)=O)C2)n1. The molecule has 0 fully saturated rings. The van der Waals surface area contributed by atoms with Gasteiger partial charge in [-0.05, 0) is 44.2 Å². The van der Waals surface area contributed by atoms with Gasteiger partial charge >= 0.3 is 0 Å². The lowest BCUT2D eigenvalue weighted by molar-refractivity contribution is -0.119. The molecule has 4 N–H and O–H groups in total. The summed E-state index contributed by atoms with van der Waals surface area (Å²) in [7, 11) is 0. The first-order chi connectivity index (χ1) is 12.8. The van der Waals surface area contributed by atoms with Crippen molar-refractivity contribution in [1.29, 1.82) is 0 Å². The zero-order valence-corrected chi connectivity index (χ0v) is 14.7. The quantitative estimate of drug-likeness (QED) is 0.668. The molecular weight excluding hydrogens is 353 g/mol. The number of nitrogens with zero attached hydrogens (tertiary/aromatic N) is 4. The van der Waals surface area contributed by atoms with E-state index in [0.717, 1.165) is 11.4 Å². The second kappa shape index (κ2) is 7.36. The zero-order valence-electron chi connectivity index (χ0n) is 14.7. The number of hydrazone groups is 1. The van der Waals surface area contributed by atoms with Crippen molar-refractivity contribution >= 4 is 29.2 Å². The first-order valence-electron chi connectivity index (χ1n) is 8.13. The number of aryl methyl sites for hydroxylation is 2. The first kappa shape index (κ1) is 18.2. The van der Waals surface area contributed by atoms with E-state index in [1.165, 1.54) is 29.3 Å². The van der Waals surface area contributed by atoms with Crippen molar-refractivity contribution in [3.05, 3.63) is 47.5 Å². The minimum Gasteiger partial charge on any atom is -0.368 e. The summed E-state index contributed by atoms with van der Waals surface area (Å²) < 4.78 is 13.1. The van der Waals surface area contributed by atoms with Crippen LogP contribution < -0.4 is 21.6 Å². The highest BCUT2D eigenvalue weighted by molar-refractivity contribution is 6.40. The minimum atomic E-state index is -0.839. The molecule has 1 atom stereocenters. The summed E-state index contributed by atoms with van der Waals surface area (Å²) in [4.78, 5) is 32.4. The van der Waals surface area contributed by atoms with Crippen LogP contribution >= 0.6 is 0 Å². The monoisotopic (exact) mass is 371 g/mol. The molecule has 10 heteroatoms. The topological polar surface area (TPSA) is 126 Å². The molecule has 0 spiro atoms. The molecule has 0 bridgehead atoms. The third kappa shape index (κ3) is 4.17. The number of halogens is 1. The van der Waals surface area contributed by atoms with Gasteiger partial charge in [-0.3, -0.25) is 25.4 Å². The van der Waals surface area contributed by atoms with Gasteiger partial charge in [0.15, 0.2) is 0 Å². The van der Waals surface area contributed by atoms with Crippen molar-refractivity contribution in [1.82, 2.24) is 15.4 Å². The molecule has 0 unspecified atom stereocenters. The van der Waals surface area contributed by atoms with E-state index in [0.29, 0.717) is 5.69 Å². The van der Waals surface area contributed by atoms with Crippen LogP contribution in [-0.4, -0.2) is 33.5 Å². The fraction of sp³-hybridized carbons (Fsp3) is 0.235. The highest BCUT2D eigenvalue weighted by atomic mass is 19.1. The number of aromatic nitrogens is 2. The number of hydrazine groups is 1. The number of hydrogen-bond donors (Lipinski definition) is 3. The van der Waals surface area contributed by atoms with Crippen LogP contribution in [0.15, 0.2) is 35.4 Å². The van der Waals surface area contributed by atoms with Crippen LogP contribution in [-0.2, 0) is 9.59 Å². The van der Waals surface area contributed by atoms with Gasteiger partial charge < -0.3 is 5.73 Å². The smallest absolute Gasteiger partial charge is 0.285 e. The number of carbonyl (C=O) groups excluding carboxylic acids is 2. The maximum absolute atomic E-state index is 13.1. The first-order valence-corrected chi connectivity index (χ1v) is 8.13. The normalized spacial score (nSPS) is 16.0. The van der Waals surface area contributed by atoms with Crippen molar-refractivity contribution in [3.8, 4) is 0 Å². The number of nitrogens with two attached hydrogens (primary N) is 1. The molecule has 0 aliphatic carbocycles. The maximum atomic E-state index is 13.1. The Morgan fingerprint density at radius 3 is 2.41 bits per heavy atom. The zero-order chi connectivity index (χ0) is 19.6. The Kier molecular flexibility index (Phi) is 4.97. The standard InChI is InChI=1S/C17H18FN7O2/c1-9-7-10(2)21-17(20-9)23-22-16(27)13-8-14(15(19)26)25(24-13)12-5-3-11(18)4-6-12/h3-7,14H,8H2,1-2H3,(H2,19,26)(H,22,27)(H,20,21,23)/t14-/m0/s1. The number of anilines is 2. The fourth-order valence-electron chi connectivity index (χ4n) is 2.67. The predicted octanol–water partition coefficient (Wildman–Crippen LogP) is 0.796. The molecule has 1 aliphatic heterocycles. The summed E-state index contributed by atoms with van der Waals surface area (Å²) in [5.41, 5.74) is 12.5. The Balaban J connectivity index is 1.74. The van der Waals surface area contributed by atoms with Gasteiger partial charge in [-0.2, -0.15) is 5.10 Å². The lowest BCUT2D eigenvalue weighted by Gasteiger charge is -2.20. The van der Waals surface area contributed by atoms with Gasteiger partial charge in [0.05, 0.1) is 5.69 Å². The van der Waals surface area contributed by atoms with E-state index in [1.807, 2.05) is 0 Å². The van der Waals surface area contributed by atoms with Crippen LogP contribution in [0.1, 0.15) is 17.8 Å². The molecule has 0 radical (unpaired) electrons. The molecule has 27 heavy (non-hydrogen) atoms. The van der Waals surface area contributed by atoms with E-state index in [1.54, 1.807) is 19.9 Å². The van der Waals surface area contributed by atoms with Gasteiger partial charge in [-0.25, -0.2) is 14.4 Å². The van der Waals surface area contributed by atoms with E-state index < -0.39 is 23.7 Å². The second-order valence-electron chi connectivity index (χ2n) is 6.04. The number of primary amides is 1. The molecule has 2 heterocycles. The predicted molar refractivity (Wildman–Crippen MR) is 97.2 cm³/mol. The summed E-state index contributed by atoms with van der Waals surface area (Å²) in [5.74, 6) is -1.38. The van der Waals surface area contributed by atoms with E-state index in [9.17, 15) is 14.0 Å². The van der Waals surface area contributed by atoms with Crippen molar-refractivity contribution in [2.75, 3.05) is 10.4 Å². The van der Waals surface area contributed by atoms with Gasteiger partial charge in [0.25, 0.3) is 5.91 Å². The lowest BCUT2D eigenvalue weighted by Crippen LogP contribution is -2.40. The number of amides is 2. The molecular formula is C17H18FN7O2. The van der Waals surface area contributed by atoms with E-state index in [2.05, 4.69) is 25.9 Å². The molecule has 140 valence electrons. The number of benzene rings is 1. The summed E-state index contributed by atoms with van der Waals surface area (Å²) in [6, 6.07) is 6.34. The number of carbonyl (C=O) groups is 2. The Morgan fingerprint density at radius 1 is 1.19 bits per heavy atom. The summed E-state index contributed by atoms with van der Waals surface area (Å²) in [5, 5.41) is 5.48. The van der Waals surface area contributed by atoms with E-state index in [4.69, 9.17) is 5.73 Å². The molecule has 0 saturated heterocycles. The van der Waals surface area contributed by atoms with Crippen molar-refractivity contribution in [3.63, 3.8) is 0 Å². The van der Waals surface area contributed by atoms with Crippen LogP contribution in [0.5, 0.6) is 0 Å². The number of rotatable bonds is 5. The Bertz CT molecular complexity index is 894. The Morgan fingerprint density at radius 2 is 1.81 bits per heavy atom. The molecule has 2 aromatic rings. The Hall–Kier alpha value is -3.56. The number of nitrogens with one attached hydrogen (secondary N) is 2. The Labute approximate surface area is 154 Å². The molecule has 9 nitrogen and oxygen atoms in total. The van der Waals surface area contributed by atoms with Gasteiger partial charge in [-0.15, -0.1) is 0 Å². The maximum Gasteiger partial charge on any atom is 0.285 e. The van der Waals surface area contributed by atoms with Gasteiger partial charge in [0.2, 0.25) is 11.9 Å². The third-order valence-electron chi connectivity index (χ3n) is 3.86. The molecule has 0 saturated carbocycles. The van der Waals surface area contributed by atoms with Crippen molar-refractivity contribution < 1.29 is 14.0 Å². The third-order valence-corrected chi connectivity index (χ3v) is 3.86. The highest BCUT2D eigenvalue weighted by Gasteiger charge is 2.35. The van der Waals surface area contributed by atoms with Gasteiger partial charge in [0, 0.05) is 17.8 Å². The molecule has 3 rings (SSSR count). The second-order valence-corrected chi connectivity index (χ2v) is 6.04. The molecule has 1 aromatic heterocycles. The van der Waals surface area contributed by atoms with Crippen molar-refractivity contribution in [2.24, 2.45) is 10.8 Å². The number of hydrogen-bond acceptors (Lipinski definition) is 7. The lowest BCUT2D eigenvalue weighted by atomic mass is 10.1. The highest BCUT2D eigenvalue weighted by Crippen LogP contribution is 2.24. The summed E-state index contributed by atoms with van der Waals surface area (Å²) >= 11 is 0. The van der Waals surface area contributed by atoms with Crippen LogP contribution in [0.25, 0.3) is 0 Å². The van der Waals surface area contributed by atoms with Crippen LogP contribution in [0.4, 0.5) is 16.0 Å². The van der Waals surface area contributed by atoms with Gasteiger partial charge in [0.1, 0.15) is 17.6 Å². The average molecular weight is 371 g/mol. The summed E-state index contributed by atoms with van der Waals surface area (Å²) in [6.07, 6.45) is 0.0218. The largest absolute Gasteiger partial charge is 0.368 e. The molecule has 1 aromatic carbocycles. The minimum absolute atomic E-state index is 0.0218. The average Bonchev–Trinajstić information content (AvgIpc) is 3.05. The molecule has 1 aliphatic rings. The van der Waals surface area contributed by atoms with Crippen LogP contribution in [0.2, 0.25) is 0 Å². The van der Waals surface area contributed by atoms with Crippen LogP contribution in [0.3, 0.4) is 0 Å². The van der Waals surface area contributed by atoms with E-state index >= 15 is 0 Å². The van der Waals surface area contributed by atoms with Gasteiger partial charge in [-0.1, -0.05) is 0 Å². The fourth-order valence-corrected chi connectivity index (χ4v) is 2.67. The van der Waals surface area contributed by atoms with Crippen LogP contribution in [0, 0.1) is 19.7 Å². The van der Waals surface area contributed by atoms with Crippen molar-refractivity contribution in [2.45, 2.75) is 26.3 Å².